The maximum Gasteiger partial charge on any atom is 0.472 e. The van der Waals surface area contributed by atoms with Crippen LogP contribution in [0.3, 0.4) is 0 Å². The Hall–Kier alpha value is -4.37. The zero-order chi connectivity index (χ0) is 55.9. The molecule has 0 aliphatic carbocycles. The highest BCUT2D eigenvalue weighted by molar-refractivity contribution is 7.47. The van der Waals surface area contributed by atoms with Crippen LogP contribution >= 0.6 is 7.82 Å². The Morgan fingerprint density at radius 3 is 1.00 bits per heavy atom. The fourth-order valence-electron chi connectivity index (χ4n) is 7.56. The zero-order valence-corrected chi connectivity index (χ0v) is 49.3. The zero-order valence-electron chi connectivity index (χ0n) is 48.4. The van der Waals surface area contributed by atoms with Gasteiger partial charge in [0, 0.05) is 19.4 Å². The van der Waals surface area contributed by atoms with Crippen molar-refractivity contribution in [2.45, 2.75) is 225 Å². The molecule has 3 N–H and O–H groups in total. The summed E-state index contributed by atoms with van der Waals surface area (Å²) in [6, 6.07) is 0. The van der Waals surface area contributed by atoms with E-state index in [0.717, 1.165) is 148 Å². The molecule has 2 unspecified atom stereocenters. The summed E-state index contributed by atoms with van der Waals surface area (Å²) in [5.41, 5.74) is 5.38. The van der Waals surface area contributed by atoms with Crippen LogP contribution in [0.5, 0.6) is 0 Å². The molecule has 434 valence electrons. The number of hydrogen-bond acceptors (Lipinski definition) is 8. The molecule has 0 rings (SSSR count). The van der Waals surface area contributed by atoms with Gasteiger partial charge in [-0.2, -0.15) is 0 Å². The molecule has 10 heteroatoms. The van der Waals surface area contributed by atoms with Crippen LogP contribution in [0.4, 0.5) is 0 Å². The molecule has 0 aromatic rings. The Labute approximate surface area is 470 Å². The van der Waals surface area contributed by atoms with Gasteiger partial charge in [0.2, 0.25) is 0 Å². The molecule has 0 saturated heterocycles. The van der Waals surface area contributed by atoms with Crippen LogP contribution in [0.15, 0.2) is 158 Å². The molecule has 9 nitrogen and oxygen atoms in total. The average molecular weight is 1090 g/mol. The van der Waals surface area contributed by atoms with Gasteiger partial charge in [0.15, 0.2) is 6.10 Å². The van der Waals surface area contributed by atoms with Crippen molar-refractivity contribution in [2.24, 2.45) is 5.73 Å². The second-order valence-corrected chi connectivity index (χ2v) is 20.6. The number of nitrogens with two attached hydrogens (primary N) is 1. The van der Waals surface area contributed by atoms with Gasteiger partial charge in [0.1, 0.15) is 6.61 Å². The number of rotatable bonds is 54. The predicted molar refractivity (Wildman–Crippen MR) is 330 cm³/mol. The van der Waals surface area contributed by atoms with Gasteiger partial charge in [0.25, 0.3) is 0 Å². The molecule has 0 aromatic heterocycles. The lowest BCUT2D eigenvalue weighted by Gasteiger charge is -2.19. The van der Waals surface area contributed by atoms with E-state index in [-0.39, 0.29) is 32.6 Å². The van der Waals surface area contributed by atoms with Crippen molar-refractivity contribution in [3.63, 3.8) is 0 Å². The highest BCUT2D eigenvalue weighted by Gasteiger charge is 2.26. The lowest BCUT2D eigenvalue weighted by atomic mass is 10.1. The predicted octanol–water partition coefficient (Wildman–Crippen LogP) is 19.3. The minimum Gasteiger partial charge on any atom is -0.462 e. The Morgan fingerprint density at radius 2 is 0.675 bits per heavy atom. The largest absolute Gasteiger partial charge is 0.472 e. The van der Waals surface area contributed by atoms with E-state index in [1.807, 2.05) is 0 Å². The number of carbonyl (C=O) groups excluding carboxylic acids is 2. The second kappa shape index (κ2) is 60.9. The van der Waals surface area contributed by atoms with E-state index in [1.54, 1.807) is 0 Å². The number of phosphoric acid groups is 1. The molecule has 0 heterocycles. The number of ether oxygens (including phenoxy) is 2. The molecular formula is C67H108NO8P. The van der Waals surface area contributed by atoms with E-state index in [9.17, 15) is 19.0 Å². The highest BCUT2D eigenvalue weighted by Crippen LogP contribution is 2.43. The van der Waals surface area contributed by atoms with E-state index in [2.05, 4.69) is 172 Å². The number of allylic oxidation sites excluding steroid dienone is 26. The summed E-state index contributed by atoms with van der Waals surface area (Å²) >= 11 is 0. The van der Waals surface area contributed by atoms with Crippen LogP contribution in [0.25, 0.3) is 0 Å². The van der Waals surface area contributed by atoms with Crippen molar-refractivity contribution >= 4 is 19.8 Å². The van der Waals surface area contributed by atoms with Crippen molar-refractivity contribution in [1.29, 1.82) is 0 Å². The van der Waals surface area contributed by atoms with Gasteiger partial charge in [-0.3, -0.25) is 18.6 Å². The second-order valence-electron chi connectivity index (χ2n) is 19.1. The van der Waals surface area contributed by atoms with Crippen LogP contribution in [0.2, 0.25) is 0 Å². The van der Waals surface area contributed by atoms with Crippen molar-refractivity contribution in [3.05, 3.63) is 158 Å². The SMILES string of the molecule is CC/C=C\C/C=C\C/C=C\C/C=C\C/C=C\C/C=C\C/C=C\CCCCCCCCCCCC(=O)OC(COC(=O)CCCCCCCC/C=C\C/C=C\C/C=C\C/C=C\C/C=C\C/C=C\CC)COP(=O)(O)OCCN. The molecule has 0 amide bonds. The maximum absolute atomic E-state index is 12.7. The van der Waals surface area contributed by atoms with Crippen LogP contribution in [-0.4, -0.2) is 49.3 Å². The summed E-state index contributed by atoms with van der Waals surface area (Å²) in [4.78, 5) is 35.2. The summed E-state index contributed by atoms with van der Waals surface area (Å²) in [5, 5.41) is 0. The van der Waals surface area contributed by atoms with E-state index in [4.69, 9.17) is 24.3 Å². The van der Waals surface area contributed by atoms with Crippen molar-refractivity contribution in [1.82, 2.24) is 0 Å². The number of esters is 2. The molecule has 0 aliphatic heterocycles. The molecule has 77 heavy (non-hydrogen) atoms. The molecule has 0 saturated carbocycles. The fraction of sp³-hybridized carbons (Fsp3) is 0.582. The fourth-order valence-corrected chi connectivity index (χ4v) is 8.32. The van der Waals surface area contributed by atoms with Gasteiger partial charge in [0.05, 0.1) is 13.2 Å². The monoisotopic (exact) mass is 1090 g/mol. The normalized spacial score (nSPS) is 14.2. The van der Waals surface area contributed by atoms with E-state index in [0.29, 0.717) is 12.8 Å². The first-order chi connectivity index (χ1) is 37.8. The molecule has 2 atom stereocenters. The minimum absolute atomic E-state index is 0.0411. The molecule has 0 radical (unpaired) electrons. The Kier molecular flexibility index (Phi) is 57.4. The lowest BCUT2D eigenvalue weighted by molar-refractivity contribution is -0.161. The molecule has 0 fully saturated rings. The third-order valence-electron chi connectivity index (χ3n) is 11.9. The van der Waals surface area contributed by atoms with E-state index in [1.165, 1.54) is 32.1 Å². The van der Waals surface area contributed by atoms with Crippen molar-refractivity contribution < 1.29 is 37.6 Å². The topological polar surface area (TPSA) is 134 Å². The molecule has 0 aliphatic rings. The first-order valence-corrected chi connectivity index (χ1v) is 31.5. The van der Waals surface area contributed by atoms with Gasteiger partial charge in [-0.25, -0.2) is 4.57 Å². The third kappa shape index (κ3) is 60.7. The maximum atomic E-state index is 12.7. The summed E-state index contributed by atoms with van der Waals surface area (Å²) in [7, 11) is -4.41. The summed E-state index contributed by atoms with van der Waals surface area (Å²) in [6.45, 7) is 3.47. The molecular weight excluding hydrogens is 978 g/mol. The number of phosphoric ester groups is 1. The van der Waals surface area contributed by atoms with Crippen LogP contribution in [-0.2, 0) is 32.7 Å². The van der Waals surface area contributed by atoms with Gasteiger partial charge in [-0.05, 0) is 122 Å². The van der Waals surface area contributed by atoms with Gasteiger partial charge >= 0.3 is 19.8 Å². The minimum atomic E-state index is -4.41. The summed E-state index contributed by atoms with van der Waals surface area (Å²) < 4.78 is 33.0. The number of unbranched alkanes of at least 4 members (excludes halogenated alkanes) is 15. The average Bonchev–Trinajstić information content (AvgIpc) is 3.42. The van der Waals surface area contributed by atoms with Gasteiger partial charge in [-0.1, -0.05) is 242 Å². The Balaban J connectivity index is 4.07. The number of hydrogen-bond donors (Lipinski definition) is 2. The van der Waals surface area contributed by atoms with Crippen LogP contribution < -0.4 is 5.73 Å². The lowest BCUT2D eigenvalue weighted by Crippen LogP contribution is -2.29. The van der Waals surface area contributed by atoms with Gasteiger partial charge < -0.3 is 20.1 Å². The van der Waals surface area contributed by atoms with E-state index >= 15 is 0 Å². The van der Waals surface area contributed by atoms with Crippen LogP contribution in [0.1, 0.15) is 219 Å². The molecule has 0 bridgehead atoms. The quantitative estimate of drug-likeness (QED) is 0.0264. The summed E-state index contributed by atoms with van der Waals surface area (Å²) in [5.74, 6) is -0.864. The summed E-state index contributed by atoms with van der Waals surface area (Å²) in [6.07, 6.45) is 88.6. The van der Waals surface area contributed by atoms with Crippen molar-refractivity contribution in [3.8, 4) is 0 Å². The highest BCUT2D eigenvalue weighted by atomic mass is 31.2. The standard InChI is InChI=1S/C67H108NO8P/c1-3-5-7-9-11-13-15-17-19-21-23-25-27-29-30-31-32-33-34-36-38-40-42-44-46-48-50-52-54-56-58-60-67(70)76-65(64-75-77(71,72)74-62-61-68)63-73-66(69)59-57-55-53-51-49-47-45-43-41-39-37-35-28-26-24-22-20-18-16-14-12-10-8-6-4-2/h5-8,11-14,17-20,23-26,29-30,32-33,35-38,41,43,65H,3-4,9-10,15-16,21-22,27-28,31,34,39-40,42,44-64,68H2,1-2H3,(H,71,72)/b7-5-,8-6-,13-11-,14-12-,19-17-,20-18-,25-23-,26-24-,30-29-,33-32-,37-35-,38-36-,43-41-. The molecule has 0 spiro atoms. The molecule has 0 aromatic carbocycles. The van der Waals surface area contributed by atoms with E-state index < -0.39 is 32.5 Å². The van der Waals surface area contributed by atoms with Crippen LogP contribution in [0, 0.1) is 0 Å². The van der Waals surface area contributed by atoms with Gasteiger partial charge in [-0.15, -0.1) is 0 Å². The third-order valence-corrected chi connectivity index (χ3v) is 12.9. The first kappa shape index (κ1) is 72.6. The Morgan fingerprint density at radius 1 is 0.390 bits per heavy atom. The number of carbonyl (C=O) groups is 2. The first-order valence-electron chi connectivity index (χ1n) is 30.0. The Bertz CT molecular complexity index is 1810. The smallest absolute Gasteiger partial charge is 0.462 e. The van der Waals surface area contributed by atoms with Crippen molar-refractivity contribution in [2.75, 3.05) is 26.4 Å².